The van der Waals surface area contributed by atoms with Crippen molar-refractivity contribution in [3.8, 4) is 0 Å². The summed E-state index contributed by atoms with van der Waals surface area (Å²) in [4.78, 5) is 24.7. The third-order valence-corrected chi connectivity index (χ3v) is 4.27. The Kier molecular flexibility index (Phi) is 4.60. The fraction of sp³-hybridized carbons (Fsp3) is 0.556. The van der Waals surface area contributed by atoms with Crippen molar-refractivity contribution in [3.63, 3.8) is 0 Å². The van der Waals surface area contributed by atoms with Crippen LogP contribution in [0.15, 0.2) is 24.3 Å². The zero-order valence-electron chi connectivity index (χ0n) is 14.0. The van der Waals surface area contributed by atoms with E-state index in [0.29, 0.717) is 26.4 Å². The molecule has 2 saturated heterocycles. The van der Waals surface area contributed by atoms with Gasteiger partial charge in [0.05, 0.1) is 37.6 Å². The minimum atomic E-state index is -0.520. The van der Waals surface area contributed by atoms with Crippen molar-refractivity contribution in [3.05, 3.63) is 35.4 Å². The summed E-state index contributed by atoms with van der Waals surface area (Å²) in [5.74, 6) is -1.04. The molecule has 0 aliphatic carbocycles. The Morgan fingerprint density at radius 1 is 0.875 bits per heavy atom. The summed E-state index contributed by atoms with van der Waals surface area (Å²) in [7, 11) is 0. The van der Waals surface area contributed by atoms with Crippen LogP contribution in [0, 0.1) is 10.8 Å². The lowest BCUT2D eigenvalue weighted by molar-refractivity contribution is -0.127. The molecule has 6 heteroatoms. The van der Waals surface area contributed by atoms with Crippen molar-refractivity contribution >= 4 is 11.9 Å². The number of hydrogen-bond donors (Lipinski definition) is 0. The van der Waals surface area contributed by atoms with Crippen LogP contribution in [0.2, 0.25) is 0 Å². The second-order valence-electron chi connectivity index (χ2n) is 7.30. The van der Waals surface area contributed by atoms with E-state index in [4.69, 9.17) is 18.9 Å². The van der Waals surface area contributed by atoms with E-state index < -0.39 is 11.9 Å². The SMILES string of the molecule is CC1(COC(=O)c2ccccc2C(=O)OCC2(C)COC2)COC1. The van der Waals surface area contributed by atoms with Crippen LogP contribution in [-0.2, 0) is 18.9 Å². The number of carbonyl (C=O) groups excluding carboxylic acids is 2. The van der Waals surface area contributed by atoms with Gasteiger partial charge in [0, 0.05) is 10.8 Å². The molecule has 0 amide bonds. The molecule has 0 aromatic heterocycles. The van der Waals surface area contributed by atoms with E-state index in [9.17, 15) is 9.59 Å². The number of rotatable bonds is 6. The Morgan fingerprint density at radius 2 is 1.25 bits per heavy atom. The highest BCUT2D eigenvalue weighted by molar-refractivity contribution is 6.03. The summed E-state index contributed by atoms with van der Waals surface area (Å²) in [5, 5.41) is 0. The first-order valence-corrected chi connectivity index (χ1v) is 8.00. The molecule has 0 N–H and O–H groups in total. The number of hydrogen-bond acceptors (Lipinski definition) is 6. The summed E-state index contributed by atoms with van der Waals surface area (Å²) < 4.78 is 21.0. The Labute approximate surface area is 141 Å². The van der Waals surface area contributed by atoms with E-state index in [0.717, 1.165) is 0 Å². The summed E-state index contributed by atoms with van der Waals surface area (Å²) in [6.07, 6.45) is 0. The largest absolute Gasteiger partial charge is 0.461 e. The number of benzene rings is 1. The lowest BCUT2D eigenvalue weighted by Crippen LogP contribution is -2.44. The molecule has 1 aromatic rings. The molecule has 24 heavy (non-hydrogen) atoms. The van der Waals surface area contributed by atoms with Crippen molar-refractivity contribution in [2.45, 2.75) is 13.8 Å². The zero-order chi connectivity index (χ0) is 17.2. The van der Waals surface area contributed by atoms with E-state index in [-0.39, 0.29) is 35.2 Å². The topological polar surface area (TPSA) is 71.1 Å². The maximum atomic E-state index is 12.3. The number of carbonyl (C=O) groups is 2. The van der Waals surface area contributed by atoms with Crippen molar-refractivity contribution in [2.75, 3.05) is 39.6 Å². The maximum absolute atomic E-state index is 12.3. The number of esters is 2. The van der Waals surface area contributed by atoms with Crippen LogP contribution in [-0.4, -0.2) is 51.6 Å². The van der Waals surface area contributed by atoms with Crippen LogP contribution in [0.3, 0.4) is 0 Å². The van der Waals surface area contributed by atoms with Gasteiger partial charge in [0.25, 0.3) is 0 Å². The molecule has 130 valence electrons. The normalized spacial score (nSPS) is 20.4. The molecule has 0 spiro atoms. The van der Waals surface area contributed by atoms with Crippen LogP contribution < -0.4 is 0 Å². The minimum absolute atomic E-state index is 0.135. The predicted octanol–water partition coefficient (Wildman–Crippen LogP) is 2.07. The molecule has 0 unspecified atom stereocenters. The fourth-order valence-corrected chi connectivity index (χ4v) is 2.54. The monoisotopic (exact) mass is 334 g/mol. The van der Waals surface area contributed by atoms with Crippen LogP contribution in [0.4, 0.5) is 0 Å². The Bertz CT molecular complexity index is 575. The lowest BCUT2D eigenvalue weighted by Gasteiger charge is -2.37. The summed E-state index contributed by atoms with van der Waals surface area (Å²) >= 11 is 0. The average molecular weight is 334 g/mol. The molecule has 1 aromatic carbocycles. The standard InChI is InChI=1S/C18H22O6/c1-17(7-21-8-17)11-23-15(19)13-5-3-4-6-14(13)16(20)24-12-18(2)9-22-10-18/h3-6H,7-12H2,1-2H3. The molecule has 2 fully saturated rings. The zero-order valence-corrected chi connectivity index (χ0v) is 14.0. The molecule has 0 saturated carbocycles. The Balaban J connectivity index is 1.63. The Hall–Kier alpha value is -1.92. The highest BCUT2D eigenvalue weighted by Gasteiger charge is 2.36. The summed E-state index contributed by atoms with van der Waals surface area (Å²) in [5.41, 5.74) is 0.177. The van der Waals surface area contributed by atoms with Crippen molar-refractivity contribution in [1.29, 1.82) is 0 Å². The molecule has 3 rings (SSSR count). The van der Waals surface area contributed by atoms with E-state index in [1.54, 1.807) is 24.3 Å². The average Bonchev–Trinajstić information content (AvgIpc) is 2.54. The van der Waals surface area contributed by atoms with Gasteiger partial charge in [-0.05, 0) is 12.1 Å². The third-order valence-electron chi connectivity index (χ3n) is 4.27. The molecule has 2 heterocycles. The second kappa shape index (κ2) is 6.53. The van der Waals surface area contributed by atoms with Gasteiger partial charge >= 0.3 is 11.9 Å². The lowest BCUT2D eigenvalue weighted by atomic mass is 9.90. The van der Waals surface area contributed by atoms with Gasteiger partial charge in [-0.1, -0.05) is 26.0 Å². The van der Waals surface area contributed by atoms with Gasteiger partial charge in [-0.3, -0.25) is 0 Å². The molecule has 0 radical (unpaired) electrons. The van der Waals surface area contributed by atoms with E-state index >= 15 is 0 Å². The second-order valence-corrected chi connectivity index (χ2v) is 7.30. The van der Waals surface area contributed by atoms with Gasteiger partial charge in [-0.2, -0.15) is 0 Å². The smallest absolute Gasteiger partial charge is 0.339 e. The van der Waals surface area contributed by atoms with Crippen molar-refractivity contribution in [2.24, 2.45) is 10.8 Å². The van der Waals surface area contributed by atoms with Crippen LogP contribution in [0.5, 0.6) is 0 Å². The molecular formula is C18H22O6. The Morgan fingerprint density at radius 3 is 1.54 bits per heavy atom. The minimum Gasteiger partial charge on any atom is -0.461 e. The molecule has 2 aliphatic rings. The molecule has 0 bridgehead atoms. The molecule has 6 nitrogen and oxygen atoms in total. The summed E-state index contributed by atoms with van der Waals surface area (Å²) in [6.45, 7) is 6.82. The van der Waals surface area contributed by atoms with Gasteiger partial charge in [-0.25, -0.2) is 9.59 Å². The van der Waals surface area contributed by atoms with Crippen LogP contribution in [0.1, 0.15) is 34.6 Å². The van der Waals surface area contributed by atoms with E-state index in [1.165, 1.54) is 0 Å². The van der Waals surface area contributed by atoms with Gasteiger partial charge in [0.15, 0.2) is 0 Å². The van der Waals surface area contributed by atoms with Crippen molar-refractivity contribution in [1.82, 2.24) is 0 Å². The van der Waals surface area contributed by atoms with E-state index in [1.807, 2.05) is 13.8 Å². The van der Waals surface area contributed by atoms with Gasteiger partial charge in [0.2, 0.25) is 0 Å². The van der Waals surface area contributed by atoms with Gasteiger partial charge < -0.3 is 18.9 Å². The highest BCUT2D eigenvalue weighted by Crippen LogP contribution is 2.28. The first-order chi connectivity index (χ1) is 11.4. The molecule has 2 aliphatic heterocycles. The highest BCUT2D eigenvalue weighted by atomic mass is 16.6. The maximum Gasteiger partial charge on any atom is 0.339 e. The molecular weight excluding hydrogens is 312 g/mol. The van der Waals surface area contributed by atoms with Crippen LogP contribution >= 0.6 is 0 Å². The fourth-order valence-electron chi connectivity index (χ4n) is 2.54. The third kappa shape index (κ3) is 3.60. The van der Waals surface area contributed by atoms with Gasteiger partial charge in [0.1, 0.15) is 13.2 Å². The number of ether oxygens (including phenoxy) is 4. The van der Waals surface area contributed by atoms with Gasteiger partial charge in [-0.15, -0.1) is 0 Å². The first kappa shape index (κ1) is 16.9. The quantitative estimate of drug-likeness (QED) is 0.742. The first-order valence-electron chi connectivity index (χ1n) is 8.00. The molecule has 0 atom stereocenters. The van der Waals surface area contributed by atoms with E-state index in [2.05, 4.69) is 0 Å². The van der Waals surface area contributed by atoms with Crippen LogP contribution in [0.25, 0.3) is 0 Å². The predicted molar refractivity (Wildman–Crippen MR) is 84.9 cm³/mol. The summed E-state index contributed by atoms with van der Waals surface area (Å²) in [6, 6.07) is 6.55. The van der Waals surface area contributed by atoms with Crippen molar-refractivity contribution < 1.29 is 28.5 Å².